The minimum Gasteiger partial charge on any atom is -0.507 e. The SMILES string of the molecule is COc1cc(O)c([C@H](CC(=O)N2CCCC2)c2ccc3c(c2)OCO3)c(OC)c1. The second-order valence-electron chi connectivity index (χ2n) is 7.22. The standard InChI is InChI=1S/C22H25NO6/c1-26-15-10-17(24)22(20(11-15)27-2)16(12-21(25)23-7-3-4-8-23)14-5-6-18-19(9-14)29-13-28-18/h5-6,9-11,16,24H,3-4,7-8,12-13H2,1-2H3/t16-/m1/s1. The Hall–Kier alpha value is -3.09. The van der Waals surface area contributed by atoms with E-state index in [1.54, 1.807) is 6.07 Å². The van der Waals surface area contributed by atoms with Crippen LogP contribution in [0.2, 0.25) is 0 Å². The number of likely N-dealkylation sites (tertiary alicyclic amines) is 1. The summed E-state index contributed by atoms with van der Waals surface area (Å²) in [4.78, 5) is 14.9. The van der Waals surface area contributed by atoms with Crippen molar-refractivity contribution in [3.63, 3.8) is 0 Å². The smallest absolute Gasteiger partial charge is 0.231 e. The van der Waals surface area contributed by atoms with Gasteiger partial charge in [0.2, 0.25) is 12.7 Å². The van der Waals surface area contributed by atoms with Crippen molar-refractivity contribution in [2.45, 2.75) is 25.2 Å². The Labute approximate surface area is 169 Å². The van der Waals surface area contributed by atoms with E-state index in [1.165, 1.54) is 20.3 Å². The minimum absolute atomic E-state index is 0.0260. The van der Waals surface area contributed by atoms with Crippen molar-refractivity contribution in [2.75, 3.05) is 34.1 Å². The van der Waals surface area contributed by atoms with Crippen molar-refractivity contribution >= 4 is 5.91 Å². The van der Waals surface area contributed by atoms with E-state index in [1.807, 2.05) is 23.1 Å². The lowest BCUT2D eigenvalue weighted by Gasteiger charge is -2.24. The highest BCUT2D eigenvalue weighted by atomic mass is 16.7. The molecule has 0 spiro atoms. The van der Waals surface area contributed by atoms with E-state index >= 15 is 0 Å². The van der Waals surface area contributed by atoms with Crippen LogP contribution in [0.5, 0.6) is 28.7 Å². The van der Waals surface area contributed by atoms with Gasteiger partial charge < -0.3 is 29.0 Å². The molecule has 0 aliphatic carbocycles. The van der Waals surface area contributed by atoms with E-state index in [2.05, 4.69) is 0 Å². The fraction of sp³-hybridized carbons (Fsp3) is 0.409. The van der Waals surface area contributed by atoms with Gasteiger partial charge in [-0.05, 0) is 30.5 Å². The number of phenols is 1. The number of aromatic hydroxyl groups is 1. The highest BCUT2D eigenvalue weighted by Gasteiger charge is 2.30. The van der Waals surface area contributed by atoms with Gasteiger partial charge in [-0.25, -0.2) is 0 Å². The summed E-state index contributed by atoms with van der Waals surface area (Å²) in [6.07, 6.45) is 2.27. The molecule has 0 saturated carbocycles. The van der Waals surface area contributed by atoms with Gasteiger partial charge in [-0.2, -0.15) is 0 Å². The second kappa shape index (κ2) is 8.11. The maximum atomic E-state index is 13.0. The first-order valence-electron chi connectivity index (χ1n) is 9.73. The first-order chi connectivity index (χ1) is 14.1. The third-order valence-electron chi connectivity index (χ3n) is 5.53. The molecule has 2 aliphatic rings. The molecule has 1 amide bonds. The average molecular weight is 399 g/mol. The molecule has 4 rings (SSSR count). The Bertz CT molecular complexity index is 906. The summed E-state index contributed by atoms with van der Waals surface area (Å²) in [5.74, 6) is 1.94. The fourth-order valence-electron chi connectivity index (χ4n) is 4.01. The number of carbonyl (C=O) groups is 1. The lowest BCUT2D eigenvalue weighted by Crippen LogP contribution is -2.29. The molecule has 2 aromatic rings. The number of fused-ring (bicyclic) bond motifs is 1. The van der Waals surface area contributed by atoms with Crippen molar-refractivity contribution in [3.05, 3.63) is 41.5 Å². The summed E-state index contributed by atoms with van der Waals surface area (Å²) in [5.41, 5.74) is 1.40. The summed E-state index contributed by atoms with van der Waals surface area (Å²) in [6, 6.07) is 8.86. The van der Waals surface area contributed by atoms with Crippen LogP contribution >= 0.6 is 0 Å². The quantitative estimate of drug-likeness (QED) is 0.803. The van der Waals surface area contributed by atoms with Crippen LogP contribution in [0.15, 0.2) is 30.3 Å². The van der Waals surface area contributed by atoms with Gasteiger partial charge in [-0.3, -0.25) is 4.79 Å². The van der Waals surface area contributed by atoms with Gasteiger partial charge >= 0.3 is 0 Å². The Balaban J connectivity index is 1.77. The topological polar surface area (TPSA) is 77.5 Å². The van der Waals surface area contributed by atoms with Gasteiger partial charge in [0.25, 0.3) is 0 Å². The van der Waals surface area contributed by atoms with Gasteiger partial charge in [0.15, 0.2) is 11.5 Å². The highest BCUT2D eigenvalue weighted by Crippen LogP contribution is 2.45. The monoisotopic (exact) mass is 399 g/mol. The first kappa shape index (κ1) is 19.2. The van der Waals surface area contributed by atoms with Gasteiger partial charge in [0.05, 0.1) is 14.2 Å². The molecule has 1 atom stereocenters. The number of ether oxygens (including phenoxy) is 4. The number of benzene rings is 2. The Morgan fingerprint density at radius 2 is 1.86 bits per heavy atom. The molecular weight excluding hydrogens is 374 g/mol. The molecule has 0 radical (unpaired) electrons. The van der Waals surface area contributed by atoms with Gasteiger partial charge in [0, 0.05) is 43.1 Å². The fourth-order valence-corrected chi connectivity index (χ4v) is 4.01. The van der Waals surface area contributed by atoms with Crippen molar-refractivity contribution in [1.29, 1.82) is 0 Å². The normalized spacial score (nSPS) is 16.0. The number of carbonyl (C=O) groups excluding carboxylic acids is 1. The number of nitrogens with zero attached hydrogens (tertiary/aromatic N) is 1. The molecule has 29 heavy (non-hydrogen) atoms. The summed E-state index contributed by atoms with van der Waals surface area (Å²) in [5, 5.41) is 10.8. The van der Waals surface area contributed by atoms with E-state index in [4.69, 9.17) is 18.9 Å². The van der Waals surface area contributed by atoms with Crippen molar-refractivity contribution in [2.24, 2.45) is 0 Å². The van der Waals surface area contributed by atoms with E-state index in [9.17, 15) is 9.90 Å². The Morgan fingerprint density at radius 1 is 1.10 bits per heavy atom. The number of rotatable bonds is 6. The third kappa shape index (κ3) is 3.77. The van der Waals surface area contributed by atoms with Crippen LogP contribution in [0.25, 0.3) is 0 Å². The zero-order valence-corrected chi connectivity index (χ0v) is 16.6. The van der Waals surface area contributed by atoms with Crippen molar-refractivity contribution in [3.8, 4) is 28.7 Å². The molecule has 2 heterocycles. The molecule has 1 fully saturated rings. The second-order valence-corrected chi connectivity index (χ2v) is 7.22. The number of methoxy groups -OCH3 is 2. The van der Waals surface area contributed by atoms with Crippen LogP contribution in [-0.4, -0.2) is 50.0 Å². The summed E-state index contributed by atoms with van der Waals surface area (Å²) in [6.45, 7) is 1.73. The van der Waals surface area contributed by atoms with E-state index in [0.29, 0.717) is 28.6 Å². The molecule has 1 saturated heterocycles. The van der Waals surface area contributed by atoms with Gasteiger partial charge in [-0.1, -0.05) is 6.07 Å². The first-order valence-corrected chi connectivity index (χ1v) is 9.73. The van der Waals surface area contributed by atoms with E-state index in [-0.39, 0.29) is 24.9 Å². The maximum Gasteiger partial charge on any atom is 0.231 e. The Kier molecular flexibility index (Phi) is 5.38. The van der Waals surface area contributed by atoms with Crippen LogP contribution in [0.4, 0.5) is 0 Å². The van der Waals surface area contributed by atoms with E-state index < -0.39 is 5.92 Å². The van der Waals surface area contributed by atoms with Gasteiger partial charge in [-0.15, -0.1) is 0 Å². The molecule has 0 unspecified atom stereocenters. The number of hydrogen-bond acceptors (Lipinski definition) is 6. The molecule has 2 aromatic carbocycles. The van der Waals surface area contributed by atoms with Gasteiger partial charge in [0.1, 0.15) is 17.2 Å². The molecule has 0 bridgehead atoms. The lowest BCUT2D eigenvalue weighted by atomic mass is 9.86. The summed E-state index contributed by atoms with van der Waals surface area (Å²) < 4.78 is 21.7. The minimum atomic E-state index is -0.404. The predicted molar refractivity (Wildman–Crippen MR) is 106 cm³/mol. The number of amides is 1. The average Bonchev–Trinajstić information content (AvgIpc) is 3.42. The van der Waals surface area contributed by atoms with Crippen LogP contribution in [0.1, 0.15) is 36.3 Å². The molecule has 2 aliphatic heterocycles. The third-order valence-corrected chi connectivity index (χ3v) is 5.53. The van der Waals surface area contributed by atoms with Crippen LogP contribution in [0.3, 0.4) is 0 Å². The molecule has 7 heteroatoms. The number of hydrogen-bond donors (Lipinski definition) is 1. The highest BCUT2D eigenvalue weighted by molar-refractivity contribution is 5.78. The molecule has 7 nitrogen and oxygen atoms in total. The zero-order chi connectivity index (χ0) is 20.4. The summed E-state index contributed by atoms with van der Waals surface area (Å²) in [7, 11) is 3.07. The molecule has 154 valence electrons. The van der Waals surface area contributed by atoms with Crippen molar-refractivity contribution < 1.29 is 28.8 Å². The summed E-state index contributed by atoms with van der Waals surface area (Å²) >= 11 is 0. The van der Waals surface area contributed by atoms with Crippen LogP contribution in [-0.2, 0) is 4.79 Å². The predicted octanol–water partition coefficient (Wildman–Crippen LogP) is 3.28. The van der Waals surface area contributed by atoms with E-state index in [0.717, 1.165) is 31.5 Å². The van der Waals surface area contributed by atoms with Crippen LogP contribution in [0, 0.1) is 0 Å². The van der Waals surface area contributed by atoms with Crippen LogP contribution < -0.4 is 18.9 Å². The zero-order valence-electron chi connectivity index (χ0n) is 16.6. The Morgan fingerprint density at radius 3 is 2.59 bits per heavy atom. The van der Waals surface area contributed by atoms with Crippen molar-refractivity contribution in [1.82, 2.24) is 4.90 Å². The molecule has 0 aromatic heterocycles. The lowest BCUT2D eigenvalue weighted by molar-refractivity contribution is -0.130. The largest absolute Gasteiger partial charge is 0.507 e. The maximum absolute atomic E-state index is 13.0. The number of phenolic OH excluding ortho intramolecular Hbond substituents is 1. The molecule has 1 N–H and O–H groups in total. The molecular formula is C22H25NO6.